The Morgan fingerprint density at radius 1 is 1.61 bits per heavy atom. The molecular weight excluding hydrogens is 236 g/mol. The number of rotatable bonds is 3. The summed E-state index contributed by atoms with van der Waals surface area (Å²) >= 11 is 0. The molecule has 6 nitrogen and oxygen atoms in total. The third-order valence-electron chi connectivity index (χ3n) is 3.17. The smallest absolute Gasteiger partial charge is 0.313 e. The van der Waals surface area contributed by atoms with E-state index in [4.69, 9.17) is 4.74 Å². The standard InChI is InChI=1S/C12H14N2O4/c1-12(11(16)17)7-18-6-9(12)14-10(15)8-3-2-4-13-5-8/h2-5,9H,6-7H2,1H3,(H,14,15)(H,16,17). The molecule has 1 fully saturated rings. The molecule has 0 aromatic carbocycles. The maximum absolute atomic E-state index is 11.9. The van der Waals surface area contributed by atoms with E-state index in [0.717, 1.165) is 0 Å². The number of hydrogen-bond acceptors (Lipinski definition) is 4. The number of carboxylic acids is 1. The molecule has 1 saturated heterocycles. The number of carboxylic acid groups (broad SMARTS) is 1. The Balaban J connectivity index is 2.10. The zero-order valence-electron chi connectivity index (χ0n) is 9.92. The van der Waals surface area contributed by atoms with Crippen molar-refractivity contribution < 1.29 is 19.4 Å². The van der Waals surface area contributed by atoms with Gasteiger partial charge in [0, 0.05) is 12.4 Å². The molecule has 18 heavy (non-hydrogen) atoms. The summed E-state index contributed by atoms with van der Waals surface area (Å²) in [7, 11) is 0. The van der Waals surface area contributed by atoms with Gasteiger partial charge in [0.15, 0.2) is 0 Å². The quantitative estimate of drug-likeness (QED) is 0.805. The van der Waals surface area contributed by atoms with Crippen molar-refractivity contribution in [2.45, 2.75) is 13.0 Å². The Bertz CT molecular complexity index is 462. The average Bonchev–Trinajstić information content (AvgIpc) is 2.73. The van der Waals surface area contributed by atoms with Crippen molar-refractivity contribution in [2.75, 3.05) is 13.2 Å². The molecule has 6 heteroatoms. The SMILES string of the molecule is CC1(C(=O)O)COCC1NC(=O)c1cccnc1. The van der Waals surface area contributed by atoms with Crippen LogP contribution < -0.4 is 5.32 Å². The Kier molecular flexibility index (Phi) is 3.29. The molecule has 0 saturated carbocycles. The molecule has 0 aliphatic carbocycles. The highest BCUT2D eigenvalue weighted by atomic mass is 16.5. The third-order valence-corrected chi connectivity index (χ3v) is 3.17. The number of nitrogens with zero attached hydrogens (tertiary/aromatic N) is 1. The second-order valence-electron chi connectivity index (χ2n) is 4.51. The second kappa shape index (κ2) is 4.73. The first-order chi connectivity index (χ1) is 8.54. The van der Waals surface area contributed by atoms with Gasteiger partial charge in [-0.2, -0.15) is 0 Å². The van der Waals surface area contributed by atoms with E-state index in [1.54, 1.807) is 25.3 Å². The van der Waals surface area contributed by atoms with E-state index in [-0.39, 0.29) is 19.1 Å². The minimum atomic E-state index is -1.09. The molecule has 1 aromatic heterocycles. The van der Waals surface area contributed by atoms with Gasteiger partial charge in [-0.3, -0.25) is 14.6 Å². The lowest BCUT2D eigenvalue weighted by molar-refractivity contribution is -0.148. The first-order valence-electron chi connectivity index (χ1n) is 5.56. The van der Waals surface area contributed by atoms with Gasteiger partial charge < -0.3 is 15.2 Å². The van der Waals surface area contributed by atoms with Crippen LogP contribution >= 0.6 is 0 Å². The van der Waals surface area contributed by atoms with Crippen LogP contribution in [0.2, 0.25) is 0 Å². The maximum atomic E-state index is 11.9. The zero-order chi connectivity index (χ0) is 13.2. The molecule has 0 bridgehead atoms. The highest BCUT2D eigenvalue weighted by Crippen LogP contribution is 2.28. The molecule has 1 aliphatic rings. The fourth-order valence-electron chi connectivity index (χ4n) is 1.82. The number of carbonyl (C=O) groups excluding carboxylic acids is 1. The van der Waals surface area contributed by atoms with Crippen molar-refractivity contribution in [3.05, 3.63) is 30.1 Å². The van der Waals surface area contributed by atoms with Crippen LogP contribution in [-0.2, 0) is 9.53 Å². The Labute approximate surface area is 104 Å². The Hall–Kier alpha value is -1.95. The molecule has 96 valence electrons. The highest BCUT2D eigenvalue weighted by molar-refractivity contribution is 5.94. The Morgan fingerprint density at radius 3 is 3.00 bits per heavy atom. The predicted octanol–water partition coefficient (Wildman–Crippen LogP) is 0.301. The molecule has 0 spiro atoms. The van der Waals surface area contributed by atoms with E-state index in [2.05, 4.69) is 10.3 Å². The number of aromatic nitrogens is 1. The van der Waals surface area contributed by atoms with Crippen LogP contribution in [0.5, 0.6) is 0 Å². The van der Waals surface area contributed by atoms with Gasteiger partial charge in [0.05, 0.1) is 24.8 Å². The van der Waals surface area contributed by atoms with E-state index >= 15 is 0 Å². The monoisotopic (exact) mass is 250 g/mol. The van der Waals surface area contributed by atoms with Crippen molar-refractivity contribution in [2.24, 2.45) is 5.41 Å². The normalized spacial score (nSPS) is 26.8. The summed E-state index contributed by atoms with van der Waals surface area (Å²) in [5, 5.41) is 11.9. The zero-order valence-corrected chi connectivity index (χ0v) is 9.92. The molecular formula is C12H14N2O4. The average molecular weight is 250 g/mol. The van der Waals surface area contributed by atoms with Gasteiger partial charge in [-0.1, -0.05) is 0 Å². The number of hydrogen-bond donors (Lipinski definition) is 2. The number of nitrogens with one attached hydrogen (secondary N) is 1. The summed E-state index contributed by atoms with van der Waals surface area (Å²) in [6, 6.07) is 2.73. The van der Waals surface area contributed by atoms with E-state index < -0.39 is 17.4 Å². The lowest BCUT2D eigenvalue weighted by atomic mass is 9.85. The molecule has 2 N–H and O–H groups in total. The van der Waals surface area contributed by atoms with Crippen LogP contribution in [-0.4, -0.2) is 41.2 Å². The van der Waals surface area contributed by atoms with Crippen LogP contribution in [0.25, 0.3) is 0 Å². The Morgan fingerprint density at radius 2 is 2.39 bits per heavy atom. The maximum Gasteiger partial charge on any atom is 0.313 e. The number of carbonyl (C=O) groups is 2. The number of ether oxygens (including phenoxy) is 1. The van der Waals surface area contributed by atoms with Gasteiger partial charge in [0.1, 0.15) is 5.41 Å². The lowest BCUT2D eigenvalue weighted by Gasteiger charge is -2.25. The number of amides is 1. The molecule has 2 atom stereocenters. The van der Waals surface area contributed by atoms with Gasteiger partial charge in [-0.25, -0.2) is 0 Å². The van der Waals surface area contributed by atoms with E-state index in [1.807, 2.05) is 0 Å². The van der Waals surface area contributed by atoms with Crippen molar-refractivity contribution in [1.29, 1.82) is 0 Å². The minimum absolute atomic E-state index is 0.0975. The molecule has 1 aliphatic heterocycles. The number of pyridine rings is 1. The van der Waals surface area contributed by atoms with E-state index in [0.29, 0.717) is 5.56 Å². The first kappa shape index (κ1) is 12.5. The molecule has 0 radical (unpaired) electrons. The predicted molar refractivity (Wildman–Crippen MR) is 62.1 cm³/mol. The molecule has 2 unspecified atom stereocenters. The first-order valence-corrected chi connectivity index (χ1v) is 5.56. The fourth-order valence-corrected chi connectivity index (χ4v) is 1.82. The third kappa shape index (κ3) is 2.19. The largest absolute Gasteiger partial charge is 0.481 e. The molecule has 1 aromatic rings. The second-order valence-corrected chi connectivity index (χ2v) is 4.51. The summed E-state index contributed by atoms with van der Waals surface area (Å²) in [5.41, 5.74) is -0.685. The summed E-state index contributed by atoms with van der Waals surface area (Å²) < 4.78 is 5.16. The van der Waals surface area contributed by atoms with Crippen molar-refractivity contribution in [3.63, 3.8) is 0 Å². The van der Waals surface area contributed by atoms with Crippen molar-refractivity contribution >= 4 is 11.9 Å². The van der Waals surface area contributed by atoms with Gasteiger partial charge in [0.25, 0.3) is 5.91 Å². The van der Waals surface area contributed by atoms with Crippen LogP contribution in [0, 0.1) is 5.41 Å². The van der Waals surface area contributed by atoms with Crippen LogP contribution in [0.4, 0.5) is 0 Å². The molecule has 2 heterocycles. The lowest BCUT2D eigenvalue weighted by Crippen LogP contribution is -2.49. The van der Waals surface area contributed by atoms with Crippen molar-refractivity contribution in [3.8, 4) is 0 Å². The number of aliphatic carboxylic acids is 1. The van der Waals surface area contributed by atoms with Gasteiger partial charge in [-0.05, 0) is 19.1 Å². The summed E-state index contributed by atoms with van der Waals surface area (Å²) in [4.78, 5) is 27.0. The summed E-state index contributed by atoms with van der Waals surface area (Å²) in [6.45, 7) is 1.87. The summed E-state index contributed by atoms with van der Waals surface area (Å²) in [5.74, 6) is -1.32. The minimum Gasteiger partial charge on any atom is -0.481 e. The fraction of sp³-hybridized carbons (Fsp3) is 0.417. The molecule has 2 rings (SSSR count). The van der Waals surface area contributed by atoms with Crippen LogP contribution in [0.1, 0.15) is 17.3 Å². The van der Waals surface area contributed by atoms with Gasteiger partial charge in [0.2, 0.25) is 0 Å². The van der Waals surface area contributed by atoms with Gasteiger partial charge >= 0.3 is 5.97 Å². The van der Waals surface area contributed by atoms with E-state index in [1.165, 1.54) is 6.20 Å². The summed E-state index contributed by atoms with van der Waals surface area (Å²) in [6.07, 6.45) is 3.00. The highest BCUT2D eigenvalue weighted by Gasteiger charge is 2.47. The van der Waals surface area contributed by atoms with Crippen LogP contribution in [0.15, 0.2) is 24.5 Å². The van der Waals surface area contributed by atoms with Crippen LogP contribution in [0.3, 0.4) is 0 Å². The van der Waals surface area contributed by atoms with Gasteiger partial charge in [-0.15, -0.1) is 0 Å². The van der Waals surface area contributed by atoms with Crippen molar-refractivity contribution in [1.82, 2.24) is 10.3 Å². The van der Waals surface area contributed by atoms with E-state index in [9.17, 15) is 14.7 Å². The topological polar surface area (TPSA) is 88.5 Å². The molecule has 1 amide bonds.